The molecule has 70 valence electrons. The van der Waals surface area contributed by atoms with Gasteiger partial charge in [-0.05, 0) is 6.92 Å². The molecule has 5 heteroatoms. The second kappa shape index (κ2) is 4.87. The van der Waals surface area contributed by atoms with Crippen molar-refractivity contribution in [1.82, 2.24) is 0 Å². The number of nitrogens with zero attached hydrogens (tertiary/aromatic N) is 1. The molecule has 0 heterocycles. The molecule has 0 atom stereocenters. The Balaban J connectivity index is 4.91. The van der Waals surface area contributed by atoms with E-state index in [1.165, 1.54) is 13.0 Å². The highest BCUT2D eigenvalue weighted by Gasteiger charge is 2.08. The van der Waals surface area contributed by atoms with E-state index in [1.807, 2.05) is 0 Å². The first-order valence-electron chi connectivity index (χ1n) is 3.37. The average molecular weight is 183 g/mol. The van der Waals surface area contributed by atoms with Gasteiger partial charge in [-0.3, -0.25) is 10.1 Å². The molecule has 0 saturated carbocycles. The highest BCUT2D eigenvalue weighted by atomic mass is 16.6. The summed E-state index contributed by atoms with van der Waals surface area (Å²) < 4.78 is 0. The third-order valence-electron chi connectivity index (χ3n) is 1.20. The van der Waals surface area contributed by atoms with E-state index in [0.29, 0.717) is 0 Å². The first-order valence-corrected chi connectivity index (χ1v) is 3.37. The van der Waals surface area contributed by atoms with E-state index in [0.717, 1.165) is 12.2 Å². The van der Waals surface area contributed by atoms with E-state index in [-0.39, 0.29) is 11.3 Å². The summed E-state index contributed by atoms with van der Waals surface area (Å²) in [7, 11) is 0. The minimum atomic E-state index is -1.18. The van der Waals surface area contributed by atoms with Crippen LogP contribution in [0.1, 0.15) is 6.92 Å². The summed E-state index contributed by atoms with van der Waals surface area (Å²) in [4.78, 5) is 19.9. The molecule has 0 aliphatic rings. The van der Waals surface area contributed by atoms with Gasteiger partial charge in [-0.2, -0.15) is 0 Å². The molecule has 0 fully saturated rings. The fourth-order valence-corrected chi connectivity index (χ4v) is 0.566. The lowest BCUT2D eigenvalue weighted by molar-refractivity contribution is -0.419. The van der Waals surface area contributed by atoms with Crippen LogP contribution in [0.5, 0.6) is 0 Å². The van der Waals surface area contributed by atoms with Crippen LogP contribution < -0.4 is 0 Å². The summed E-state index contributed by atoms with van der Waals surface area (Å²) in [6, 6.07) is 0. The Morgan fingerprint density at radius 3 is 2.46 bits per heavy atom. The molecule has 0 aliphatic heterocycles. The second-order valence-electron chi connectivity index (χ2n) is 2.22. The predicted octanol–water partition coefficient (Wildman–Crippen LogP) is 1.36. The van der Waals surface area contributed by atoms with Gasteiger partial charge in [0.1, 0.15) is 0 Å². The molecule has 0 rings (SSSR count). The average Bonchev–Trinajstić information content (AvgIpc) is 2.03. The van der Waals surface area contributed by atoms with Crippen LogP contribution in [0, 0.1) is 10.1 Å². The number of hydrogen-bond acceptors (Lipinski definition) is 3. The number of rotatable bonds is 4. The summed E-state index contributed by atoms with van der Waals surface area (Å²) in [5, 5.41) is 18.7. The lowest BCUT2D eigenvalue weighted by Gasteiger charge is -1.92. The number of carboxylic acid groups (broad SMARTS) is 1. The molecular weight excluding hydrogens is 174 g/mol. The van der Waals surface area contributed by atoms with E-state index < -0.39 is 10.9 Å². The molecule has 0 aromatic heterocycles. The quantitative estimate of drug-likeness (QED) is 0.309. The van der Waals surface area contributed by atoms with Gasteiger partial charge < -0.3 is 5.11 Å². The molecule has 0 aliphatic carbocycles. The topological polar surface area (TPSA) is 80.4 Å². The Kier molecular flexibility index (Phi) is 4.15. The maximum Gasteiger partial charge on any atom is 0.331 e. The Hall–Kier alpha value is -1.91. The van der Waals surface area contributed by atoms with Crippen molar-refractivity contribution in [3.63, 3.8) is 0 Å². The van der Waals surface area contributed by atoms with Crippen molar-refractivity contribution in [3.05, 3.63) is 46.2 Å². The highest BCUT2D eigenvalue weighted by molar-refractivity contribution is 5.86. The maximum absolute atomic E-state index is 10.3. The number of allylic oxidation sites excluding steroid dienone is 3. The van der Waals surface area contributed by atoms with Crippen LogP contribution in [0.2, 0.25) is 0 Å². The van der Waals surface area contributed by atoms with Gasteiger partial charge in [-0.1, -0.05) is 12.7 Å². The molecule has 0 bridgehead atoms. The van der Waals surface area contributed by atoms with Crippen LogP contribution in [0.15, 0.2) is 36.1 Å². The zero-order chi connectivity index (χ0) is 10.4. The third kappa shape index (κ3) is 3.85. The van der Waals surface area contributed by atoms with Crippen LogP contribution in [0.4, 0.5) is 0 Å². The molecule has 5 nitrogen and oxygen atoms in total. The molecule has 0 amide bonds. The number of nitro groups is 1. The van der Waals surface area contributed by atoms with Crippen LogP contribution >= 0.6 is 0 Å². The zero-order valence-corrected chi connectivity index (χ0v) is 7.06. The summed E-state index contributed by atoms with van der Waals surface area (Å²) in [6.45, 7) is 4.56. The zero-order valence-electron chi connectivity index (χ0n) is 7.06. The van der Waals surface area contributed by atoms with E-state index in [9.17, 15) is 14.9 Å². The lowest BCUT2D eigenvalue weighted by Crippen LogP contribution is -2.01. The van der Waals surface area contributed by atoms with Gasteiger partial charge in [0.15, 0.2) is 0 Å². The van der Waals surface area contributed by atoms with Gasteiger partial charge in [0.25, 0.3) is 5.70 Å². The molecule has 1 N–H and O–H groups in total. The number of carbonyl (C=O) groups is 1. The van der Waals surface area contributed by atoms with Crippen molar-refractivity contribution in [2.45, 2.75) is 6.92 Å². The molecule has 0 aromatic carbocycles. The molecule has 0 saturated heterocycles. The fraction of sp³-hybridized carbons (Fsp3) is 0.125. The van der Waals surface area contributed by atoms with Crippen LogP contribution in [0.25, 0.3) is 0 Å². The van der Waals surface area contributed by atoms with Gasteiger partial charge in [0, 0.05) is 17.7 Å². The third-order valence-corrected chi connectivity index (χ3v) is 1.20. The maximum atomic E-state index is 10.3. The first kappa shape index (κ1) is 11.1. The van der Waals surface area contributed by atoms with Crippen LogP contribution in [-0.4, -0.2) is 16.0 Å². The van der Waals surface area contributed by atoms with Crippen molar-refractivity contribution in [3.8, 4) is 0 Å². The standard InChI is InChI=1S/C8H9NO4/c1-3-4-7(9(12)13)5-6(2)8(10)11/h3-5H,1H2,2H3,(H,10,11)/b6-5+,7-4+. The predicted molar refractivity (Wildman–Crippen MR) is 46.7 cm³/mol. The van der Waals surface area contributed by atoms with E-state index in [2.05, 4.69) is 6.58 Å². The normalized spacial score (nSPS) is 12.4. The SMILES string of the molecule is C=C/C=C(\C=C(/C)C(=O)O)[N+](=O)[O-]. The van der Waals surface area contributed by atoms with Gasteiger partial charge in [0.2, 0.25) is 0 Å². The lowest BCUT2D eigenvalue weighted by atomic mass is 10.2. The van der Waals surface area contributed by atoms with Crippen molar-refractivity contribution in [2.24, 2.45) is 0 Å². The Morgan fingerprint density at radius 2 is 2.15 bits per heavy atom. The minimum Gasteiger partial charge on any atom is -0.478 e. The minimum absolute atomic E-state index is 0.0928. The van der Waals surface area contributed by atoms with Crippen LogP contribution in [0.3, 0.4) is 0 Å². The summed E-state index contributed by atoms with van der Waals surface area (Å²) in [5.74, 6) is -1.18. The number of carboxylic acids is 1. The summed E-state index contributed by atoms with van der Waals surface area (Å²) in [6.07, 6.45) is 3.33. The van der Waals surface area contributed by atoms with Crippen molar-refractivity contribution in [1.29, 1.82) is 0 Å². The number of hydrogen-bond donors (Lipinski definition) is 1. The second-order valence-corrected chi connectivity index (χ2v) is 2.22. The Labute approximate surface area is 74.8 Å². The molecular formula is C8H9NO4. The molecule has 0 spiro atoms. The van der Waals surface area contributed by atoms with Crippen LogP contribution in [-0.2, 0) is 4.79 Å². The first-order chi connectivity index (χ1) is 5.99. The molecule has 0 aromatic rings. The number of aliphatic carboxylic acids is 1. The van der Waals surface area contributed by atoms with E-state index in [4.69, 9.17) is 5.11 Å². The smallest absolute Gasteiger partial charge is 0.331 e. The Bertz CT molecular complexity index is 301. The largest absolute Gasteiger partial charge is 0.478 e. The van der Waals surface area contributed by atoms with Crippen molar-refractivity contribution < 1.29 is 14.8 Å². The van der Waals surface area contributed by atoms with E-state index >= 15 is 0 Å². The van der Waals surface area contributed by atoms with Gasteiger partial charge in [0.05, 0.1) is 4.92 Å². The molecule has 0 radical (unpaired) electrons. The summed E-state index contributed by atoms with van der Waals surface area (Å²) >= 11 is 0. The van der Waals surface area contributed by atoms with Crippen molar-refractivity contribution >= 4 is 5.97 Å². The monoisotopic (exact) mass is 183 g/mol. The summed E-state index contributed by atoms with van der Waals surface area (Å²) in [5.41, 5.74) is -0.389. The van der Waals surface area contributed by atoms with Gasteiger partial charge in [-0.15, -0.1) is 0 Å². The van der Waals surface area contributed by atoms with Crippen molar-refractivity contribution in [2.75, 3.05) is 0 Å². The van der Waals surface area contributed by atoms with E-state index in [1.54, 1.807) is 0 Å². The van der Waals surface area contributed by atoms with Gasteiger partial charge >= 0.3 is 5.97 Å². The molecule has 13 heavy (non-hydrogen) atoms. The molecule has 0 unspecified atom stereocenters. The van der Waals surface area contributed by atoms with Gasteiger partial charge in [-0.25, -0.2) is 4.79 Å². The fourth-order valence-electron chi connectivity index (χ4n) is 0.566. The Morgan fingerprint density at radius 1 is 1.62 bits per heavy atom. The highest BCUT2D eigenvalue weighted by Crippen LogP contribution is 2.03.